The van der Waals surface area contributed by atoms with Crippen LogP contribution in [0.4, 0.5) is 9.18 Å². The lowest BCUT2D eigenvalue weighted by molar-refractivity contribution is -0.125. The average molecular weight is 412 g/mol. The van der Waals surface area contributed by atoms with Crippen LogP contribution in [0.2, 0.25) is 0 Å². The van der Waals surface area contributed by atoms with Gasteiger partial charge in [0.1, 0.15) is 5.82 Å². The summed E-state index contributed by atoms with van der Waals surface area (Å²) in [5.41, 5.74) is 0.207. The van der Waals surface area contributed by atoms with E-state index >= 15 is 0 Å². The van der Waals surface area contributed by atoms with Crippen molar-refractivity contribution in [2.24, 2.45) is 5.92 Å². The third-order valence-electron chi connectivity index (χ3n) is 4.30. The zero-order valence-electron chi connectivity index (χ0n) is 14.2. The first-order chi connectivity index (χ1) is 12.8. The van der Waals surface area contributed by atoms with Crippen molar-refractivity contribution in [3.63, 3.8) is 0 Å². The van der Waals surface area contributed by atoms with Crippen molar-refractivity contribution in [3.8, 4) is 0 Å². The standard InChI is InChI=1S/C17H17FN2O5S2/c18-13-4-2-1-3-11(13)9-14-16(22)20(17(23)26-14)7-6-19-15(21)12-5-8-27(24,25)10-12/h1-4,9,12H,5-8,10H2,(H,19,21)/b14-9-. The van der Waals surface area contributed by atoms with E-state index in [1.165, 1.54) is 24.3 Å². The fraction of sp³-hybridized carbons (Fsp3) is 0.353. The van der Waals surface area contributed by atoms with E-state index < -0.39 is 38.6 Å². The van der Waals surface area contributed by atoms with E-state index in [4.69, 9.17) is 0 Å². The monoisotopic (exact) mass is 412 g/mol. The van der Waals surface area contributed by atoms with E-state index in [0.717, 1.165) is 4.90 Å². The van der Waals surface area contributed by atoms with Gasteiger partial charge in [-0.3, -0.25) is 19.3 Å². The zero-order valence-corrected chi connectivity index (χ0v) is 15.8. The summed E-state index contributed by atoms with van der Waals surface area (Å²) in [6.45, 7) is -0.00904. The van der Waals surface area contributed by atoms with Crippen molar-refractivity contribution in [2.45, 2.75) is 6.42 Å². The highest BCUT2D eigenvalue weighted by Crippen LogP contribution is 2.32. The van der Waals surface area contributed by atoms with Gasteiger partial charge in [0.05, 0.1) is 22.3 Å². The van der Waals surface area contributed by atoms with Crippen LogP contribution in [0.1, 0.15) is 12.0 Å². The van der Waals surface area contributed by atoms with E-state index in [0.29, 0.717) is 11.8 Å². The Kier molecular flexibility index (Phi) is 5.66. The Morgan fingerprint density at radius 2 is 2.07 bits per heavy atom. The molecule has 1 unspecified atom stereocenters. The van der Waals surface area contributed by atoms with Crippen LogP contribution in [-0.4, -0.2) is 55.0 Å². The maximum atomic E-state index is 13.7. The fourth-order valence-electron chi connectivity index (χ4n) is 2.86. The van der Waals surface area contributed by atoms with E-state index in [1.54, 1.807) is 6.07 Å². The molecule has 0 aliphatic carbocycles. The molecule has 10 heteroatoms. The summed E-state index contributed by atoms with van der Waals surface area (Å²) in [5, 5.41) is 2.07. The lowest BCUT2D eigenvalue weighted by Gasteiger charge is -2.14. The van der Waals surface area contributed by atoms with Crippen LogP contribution in [0, 0.1) is 11.7 Å². The molecule has 3 amide bonds. The number of halogens is 1. The molecule has 0 bridgehead atoms. The number of hydrogen-bond acceptors (Lipinski definition) is 6. The van der Waals surface area contributed by atoms with E-state index in [9.17, 15) is 27.2 Å². The van der Waals surface area contributed by atoms with Gasteiger partial charge in [-0.2, -0.15) is 0 Å². The number of nitrogens with zero attached hydrogens (tertiary/aromatic N) is 1. The molecule has 2 aliphatic rings. The summed E-state index contributed by atoms with van der Waals surface area (Å²) in [7, 11) is -3.16. The Balaban J connectivity index is 1.57. The van der Waals surface area contributed by atoms with Gasteiger partial charge in [0.2, 0.25) is 5.91 Å². The summed E-state index contributed by atoms with van der Waals surface area (Å²) >= 11 is 0.709. The summed E-state index contributed by atoms with van der Waals surface area (Å²) in [6, 6.07) is 5.91. The largest absolute Gasteiger partial charge is 0.354 e. The Morgan fingerprint density at radius 3 is 2.74 bits per heavy atom. The molecule has 1 aromatic rings. The van der Waals surface area contributed by atoms with Crippen molar-refractivity contribution in [1.29, 1.82) is 0 Å². The van der Waals surface area contributed by atoms with Crippen LogP contribution < -0.4 is 5.32 Å². The Hall–Kier alpha value is -2.20. The zero-order chi connectivity index (χ0) is 19.6. The lowest BCUT2D eigenvalue weighted by atomic mass is 10.1. The van der Waals surface area contributed by atoms with Gasteiger partial charge in [-0.05, 0) is 30.3 Å². The molecule has 2 aliphatic heterocycles. The topological polar surface area (TPSA) is 101 Å². The van der Waals surface area contributed by atoms with E-state index in [2.05, 4.69) is 5.32 Å². The molecule has 7 nitrogen and oxygen atoms in total. The predicted octanol–water partition coefficient (Wildman–Crippen LogP) is 1.41. The number of hydrogen-bond donors (Lipinski definition) is 1. The molecule has 27 heavy (non-hydrogen) atoms. The minimum atomic E-state index is -3.16. The number of carbonyl (C=O) groups is 3. The molecule has 0 spiro atoms. The summed E-state index contributed by atoms with van der Waals surface area (Å²) in [5.74, 6) is -2.22. The first kappa shape index (κ1) is 19.6. The Labute approximate surface area is 159 Å². The molecule has 3 rings (SSSR count). The first-order valence-corrected chi connectivity index (χ1v) is 10.9. The number of carbonyl (C=O) groups excluding carboxylic acids is 3. The maximum absolute atomic E-state index is 13.7. The Morgan fingerprint density at radius 1 is 1.33 bits per heavy atom. The molecule has 2 heterocycles. The van der Waals surface area contributed by atoms with Gasteiger partial charge in [-0.25, -0.2) is 12.8 Å². The quantitative estimate of drug-likeness (QED) is 0.734. The Bertz CT molecular complexity index is 929. The van der Waals surface area contributed by atoms with Crippen molar-refractivity contribution in [1.82, 2.24) is 10.2 Å². The van der Waals surface area contributed by atoms with Crippen LogP contribution in [0.3, 0.4) is 0 Å². The summed E-state index contributed by atoms with van der Waals surface area (Å²) in [4.78, 5) is 37.5. The van der Waals surface area contributed by atoms with Crippen LogP contribution in [-0.2, 0) is 19.4 Å². The van der Waals surface area contributed by atoms with Gasteiger partial charge >= 0.3 is 0 Å². The van der Waals surface area contributed by atoms with Gasteiger partial charge in [0.15, 0.2) is 9.84 Å². The maximum Gasteiger partial charge on any atom is 0.293 e. The molecular weight excluding hydrogens is 395 g/mol. The number of amides is 3. The minimum absolute atomic E-state index is 0.00494. The van der Waals surface area contributed by atoms with Gasteiger partial charge in [-0.1, -0.05) is 18.2 Å². The number of nitrogens with one attached hydrogen (secondary N) is 1. The molecule has 144 valence electrons. The second-order valence-electron chi connectivity index (χ2n) is 6.25. The molecular formula is C17H17FN2O5S2. The van der Waals surface area contributed by atoms with E-state index in [1.807, 2.05) is 0 Å². The number of imide groups is 1. The second-order valence-corrected chi connectivity index (χ2v) is 9.47. The molecule has 1 N–H and O–H groups in total. The fourth-order valence-corrected chi connectivity index (χ4v) is 5.46. The van der Waals surface area contributed by atoms with Crippen LogP contribution in [0.15, 0.2) is 29.2 Å². The lowest BCUT2D eigenvalue weighted by Crippen LogP contribution is -2.39. The highest BCUT2D eigenvalue weighted by Gasteiger charge is 2.36. The van der Waals surface area contributed by atoms with Gasteiger partial charge in [0, 0.05) is 18.7 Å². The first-order valence-electron chi connectivity index (χ1n) is 8.25. The highest BCUT2D eigenvalue weighted by molar-refractivity contribution is 8.18. The van der Waals surface area contributed by atoms with Crippen molar-refractivity contribution >= 4 is 44.7 Å². The molecule has 2 saturated heterocycles. The third-order valence-corrected chi connectivity index (χ3v) is 6.98. The van der Waals surface area contributed by atoms with Gasteiger partial charge < -0.3 is 5.32 Å². The summed E-state index contributed by atoms with van der Waals surface area (Å²) in [6.07, 6.45) is 1.60. The summed E-state index contributed by atoms with van der Waals surface area (Å²) < 4.78 is 36.5. The smallest absolute Gasteiger partial charge is 0.293 e. The van der Waals surface area contributed by atoms with Crippen molar-refractivity contribution in [3.05, 3.63) is 40.6 Å². The number of benzene rings is 1. The van der Waals surface area contributed by atoms with Gasteiger partial charge in [-0.15, -0.1) is 0 Å². The van der Waals surface area contributed by atoms with Crippen molar-refractivity contribution < 1.29 is 27.2 Å². The normalized spacial score (nSPS) is 23.2. The van der Waals surface area contributed by atoms with Crippen molar-refractivity contribution in [2.75, 3.05) is 24.6 Å². The highest BCUT2D eigenvalue weighted by atomic mass is 32.2. The average Bonchev–Trinajstić information content (AvgIpc) is 3.10. The minimum Gasteiger partial charge on any atom is -0.354 e. The molecule has 0 radical (unpaired) electrons. The number of thioether (sulfide) groups is 1. The molecule has 1 aromatic carbocycles. The van der Waals surface area contributed by atoms with Crippen LogP contribution >= 0.6 is 11.8 Å². The number of rotatable bonds is 5. The third kappa shape index (κ3) is 4.56. The SMILES string of the molecule is O=C(NCCN1C(=O)S/C(=C\c2ccccc2F)C1=O)C1CCS(=O)(=O)C1. The van der Waals surface area contributed by atoms with E-state index in [-0.39, 0.29) is 41.5 Å². The van der Waals surface area contributed by atoms with Gasteiger partial charge in [0.25, 0.3) is 11.1 Å². The number of sulfone groups is 1. The second kappa shape index (κ2) is 7.81. The predicted molar refractivity (Wildman–Crippen MR) is 98.8 cm³/mol. The molecule has 1 atom stereocenters. The van der Waals surface area contributed by atoms with Crippen LogP contribution in [0.25, 0.3) is 6.08 Å². The molecule has 2 fully saturated rings. The van der Waals surface area contributed by atoms with Crippen LogP contribution in [0.5, 0.6) is 0 Å². The molecule has 0 aromatic heterocycles. The molecule has 0 saturated carbocycles.